The van der Waals surface area contributed by atoms with E-state index in [1.54, 1.807) is 18.3 Å². The third-order valence-electron chi connectivity index (χ3n) is 7.32. The predicted octanol–water partition coefficient (Wildman–Crippen LogP) is 8.52. The maximum absolute atomic E-state index is 15.7. The Bertz CT molecular complexity index is 1770. The molecule has 3 N–H and O–H groups in total. The number of carboxylic acid groups (broad SMARTS) is 1. The van der Waals surface area contributed by atoms with Crippen LogP contribution < -0.4 is 4.74 Å². The van der Waals surface area contributed by atoms with Crippen molar-refractivity contribution in [2.24, 2.45) is 0 Å². The molecule has 47 heavy (non-hydrogen) atoms. The maximum atomic E-state index is 15.7. The molecule has 3 aromatic carbocycles. The first-order valence-corrected chi connectivity index (χ1v) is 15.2. The number of nitrogens with zero attached hydrogens (tertiary/aromatic N) is 1. The number of nitrogens with one attached hydrogen (secondary N) is 2. The molecule has 0 bridgehead atoms. The number of H-pyrrole nitrogens is 2. The van der Waals surface area contributed by atoms with E-state index in [1.165, 1.54) is 24.4 Å². The number of ether oxygens (including phenoxy) is 3. The molecule has 0 fully saturated rings. The number of carbonyl (C=O) groups is 1. The zero-order valence-corrected chi connectivity index (χ0v) is 26.3. The van der Waals surface area contributed by atoms with Crippen molar-refractivity contribution in [2.75, 3.05) is 19.8 Å². The lowest BCUT2D eigenvalue weighted by molar-refractivity contribution is -0.122. The summed E-state index contributed by atoms with van der Waals surface area (Å²) in [4.78, 5) is 18.7. The molecule has 2 heterocycles. The summed E-state index contributed by atoms with van der Waals surface area (Å²) in [5.41, 5.74) is 1.98. The van der Waals surface area contributed by atoms with Crippen molar-refractivity contribution >= 4 is 17.4 Å². The molecule has 250 valence electrons. The highest BCUT2D eigenvalue weighted by atomic mass is 19.1. The summed E-state index contributed by atoms with van der Waals surface area (Å²) in [6, 6.07) is 11.7. The Balaban J connectivity index is 0.00000160. The quantitative estimate of drug-likeness (QED) is 0.0629. The Hall–Kier alpha value is -4.68. The summed E-state index contributed by atoms with van der Waals surface area (Å²) < 4.78 is 77.3. The summed E-state index contributed by atoms with van der Waals surface area (Å²) >= 11 is 0. The Morgan fingerprint density at radius 1 is 0.979 bits per heavy atom. The van der Waals surface area contributed by atoms with Crippen molar-refractivity contribution < 1.29 is 41.7 Å². The zero-order valence-electron chi connectivity index (χ0n) is 26.3. The van der Waals surface area contributed by atoms with Crippen LogP contribution >= 0.6 is 0 Å². The second-order valence-electron chi connectivity index (χ2n) is 10.9. The van der Waals surface area contributed by atoms with Gasteiger partial charge in [0.25, 0.3) is 6.47 Å². The van der Waals surface area contributed by atoms with Gasteiger partial charge in [-0.15, -0.1) is 0 Å². The maximum Gasteiger partial charge on any atom is 0.290 e. The van der Waals surface area contributed by atoms with Crippen molar-refractivity contribution in [3.63, 3.8) is 0 Å². The molecular formula is C35H37F4N3O5. The van der Waals surface area contributed by atoms with Gasteiger partial charge < -0.3 is 29.3 Å². The van der Waals surface area contributed by atoms with Gasteiger partial charge in [0.1, 0.15) is 23.2 Å². The van der Waals surface area contributed by atoms with E-state index < -0.39 is 29.1 Å². The van der Waals surface area contributed by atoms with Gasteiger partial charge in [0.15, 0.2) is 17.4 Å². The van der Waals surface area contributed by atoms with E-state index in [0.717, 1.165) is 18.6 Å². The fourth-order valence-corrected chi connectivity index (χ4v) is 5.18. The van der Waals surface area contributed by atoms with Gasteiger partial charge in [0, 0.05) is 42.1 Å². The SMILES string of the molecule is CCCc1cccc(C(CCOCCOC(C)C)c2cnc(-c3cc(Oc4c(F)cc5[nH]ccc5c4F)ccc3F)[nH]2)c1F.O=CO. The minimum absolute atomic E-state index is 0.0129. The van der Waals surface area contributed by atoms with Crippen molar-refractivity contribution in [1.29, 1.82) is 0 Å². The Morgan fingerprint density at radius 2 is 1.77 bits per heavy atom. The van der Waals surface area contributed by atoms with E-state index in [-0.39, 0.29) is 46.4 Å². The molecule has 5 aromatic rings. The van der Waals surface area contributed by atoms with E-state index in [1.807, 2.05) is 26.8 Å². The minimum atomic E-state index is -0.906. The molecule has 0 saturated carbocycles. The number of aromatic nitrogens is 3. The van der Waals surface area contributed by atoms with Gasteiger partial charge in [0.2, 0.25) is 0 Å². The largest absolute Gasteiger partial charge is 0.483 e. The number of hydrogen-bond donors (Lipinski definition) is 3. The number of hydrogen-bond acceptors (Lipinski definition) is 5. The lowest BCUT2D eigenvalue weighted by atomic mass is 9.90. The van der Waals surface area contributed by atoms with Crippen molar-refractivity contribution in [3.05, 3.63) is 101 Å². The molecule has 5 rings (SSSR count). The summed E-state index contributed by atoms with van der Waals surface area (Å²) in [7, 11) is 0. The standard InChI is InChI=1S/C34H35F4N3O3.CH2O2/c1-4-6-21-7-5-8-24(31(21)37)23(12-14-42-15-16-43-20(2)3)30-19-40-34(41-30)26-17-22(9-10-27(26)35)44-33-28(36)18-29-25(32(33)38)11-13-39-29;2-1-3/h5,7-11,13,17-20,23,39H,4,6,12,14-16H2,1-3H3,(H,40,41);1H,(H,2,3). The summed E-state index contributed by atoms with van der Waals surface area (Å²) in [5, 5.41) is 7.05. The lowest BCUT2D eigenvalue weighted by Gasteiger charge is -2.19. The monoisotopic (exact) mass is 655 g/mol. The number of rotatable bonds is 14. The van der Waals surface area contributed by atoms with Crippen LogP contribution in [-0.4, -0.2) is 52.5 Å². The average Bonchev–Trinajstić information content (AvgIpc) is 3.72. The van der Waals surface area contributed by atoms with Crippen LogP contribution in [0.2, 0.25) is 0 Å². The molecule has 0 amide bonds. The number of fused-ring (bicyclic) bond motifs is 1. The molecule has 1 atom stereocenters. The molecule has 0 aliphatic rings. The van der Waals surface area contributed by atoms with Crippen LogP contribution in [0.25, 0.3) is 22.3 Å². The molecule has 0 aliphatic heterocycles. The molecule has 1 unspecified atom stereocenters. The summed E-state index contributed by atoms with van der Waals surface area (Å²) in [6.07, 6.45) is 4.95. The molecule has 2 aromatic heterocycles. The summed E-state index contributed by atoms with van der Waals surface area (Å²) in [5.74, 6) is -3.58. The van der Waals surface area contributed by atoms with Crippen LogP contribution in [0.3, 0.4) is 0 Å². The van der Waals surface area contributed by atoms with E-state index in [2.05, 4.69) is 15.0 Å². The van der Waals surface area contributed by atoms with Crippen LogP contribution in [0.5, 0.6) is 11.5 Å². The Morgan fingerprint density at radius 3 is 2.51 bits per heavy atom. The predicted molar refractivity (Wildman–Crippen MR) is 170 cm³/mol. The van der Waals surface area contributed by atoms with E-state index >= 15 is 8.78 Å². The van der Waals surface area contributed by atoms with Crippen molar-refractivity contribution in [2.45, 2.75) is 52.1 Å². The molecule has 0 radical (unpaired) electrons. The van der Waals surface area contributed by atoms with Crippen molar-refractivity contribution in [3.8, 4) is 22.9 Å². The zero-order chi connectivity index (χ0) is 33.9. The molecule has 12 heteroatoms. The molecular weight excluding hydrogens is 618 g/mol. The minimum Gasteiger partial charge on any atom is -0.483 e. The first-order valence-electron chi connectivity index (χ1n) is 15.2. The highest BCUT2D eigenvalue weighted by Gasteiger charge is 2.23. The average molecular weight is 656 g/mol. The third-order valence-corrected chi connectivity index (χ3v) is 7.32. The van der Waals surface area contributed by atoms with Crippen LogP contribution in [0, 0.1) is 23.3 Å². The highest BCUT2D eigenvalue weighted by molar-refractivity contribution is 5.82. The van der Waals surface area contributed by atoms with Gasteiger partial charge in [-0.25, -0.2) is 22.5 Å². The van der Waals surface area contributed by atoms with Crippen LogP contribution in [-0.2, 0) is 20.7 Å². The first-order chi connectivity index (χ1) is 22.7. The van der Waals surface area contributed by atoms with Gasteiger partial charge in [-0.3, -0.25) is 4.79 Å². The van der Waals surface area contributed by atoms with Crippen molar-refractivity contribution in [1.82, 2.24) is 15.0 Å². The number of halogens is 4. The van der Waals surface area contributed by atoms with Gasteiger partial charge in [-0.1, -0.05) is 31.5 Å². The second-order valence-corrected chi connectivity index (χ2v) is 10.9. The third kappa shape index (κ3) is 8.78. The Labute approximate surface area is 269 Å². The molecule has 8 nitrogen and oxygen atoms in total. The summed E-state index contributed by atoms with van der Waals surface area (Å²) in [6.45, 7) is 6.81. The highest BCUT2D eigenvalue weighted by Crippen LogP contribution is 2.36. The van der Waals surface area contributed by atoms with Crippen LogP contribution in [0.1, 0.15) is 56.4 Å². The fourth-order valence-electron chi connectivity index (χ4n) is 5.18. The van der Waals surface area contributed by atoms with Crippen LogP contribution in [0.15, 0.2) is 60.9 Å². The number of aromatic amines is 2. The van der Waals surface area contributed by atoms with Gasteiger partial charge in [-0.2, -0.15) is 0 Å². The lowest BCUT2D eigenvalue weighted by Crippen LogP contribution is -2.13. The first kappa shape index (κ1) is 35.2. The normalized spacial score (nSPS) is 11.8. The number of benzene rings is 3. The van der Waals surface area contributed by atoms with Gasteiger partial charge in [-0.05, 0) is 62.1 Å². The smallest absolute Gasteiger partial charge is 0.290 e. The van der Waals surface area contributed by atoms with Crippen LogP contribution in [0.4, 0.5) is 17.6 Å². The van der Waals surface area contributed by atoms with Gasteiger partial charge in [0.05, 0.1) is 30.4 Å². The van der Waals surface area contributed by atoms with E-state index in [0.29, 0.717) is 49.5 Å². The Kier molecular flexibility index (Phi) is 12.5. The molecule has 0 saturated heterocycles. The van der Waals surface area contributed by atoms with E-state index in [4.69, 9.17) is 24.1 Å². The molecule has 0 spiro atoms. The fraction of sp³-hybridized carbons (Fsp3) is 0.314. The van der Waals surface area contributed by atoms with E-state index in [9.17, 15) is 8.78 Å². The molecule has 0 aliphatic carbocycles. The topological polar surface area (TPSA) is 109 Å². The number of imidazole rings is 1. The number of aryl methyl sites for hydroxylation is 1. The van der Waals surface area contributed by atoms with Gasteiger partial charge >= 0.3 is 0 Å². The second kappa shape index (κ2) is 16.8.